The van der Waals surface area contributed by atoms with Crippen LogP contribution in [0.1, 0.15) is 18.6 Å². The Bertz CT molecular complexity index is 583. The van der Waals surface area contributed by atoms with Gasteiger partial charge in [-0.15, -0.1) is 0 Å². The summed E-state index contributed by atoms with van der Waals surface area (Å²) in [5.74, 6) is 1.51. The van der Waals surface area contributed by atoms with Gasteiger partial charge in [-0.25, -0.2) is 4.79 Å². The van der Waals surface area contributed by atoms with Gasteiger partial charge in [0.1, 0.15) is 5.75 Å². The number of ether oxygens (including phenoxy) is 1. The van der Waals surface area contributed by atoms with Crippen molar-refractivity contribution in [2.75, 3.05) is 11.9 Å². The number of aryl methyl sites for hydroxylation is 1. The summed E-state index contributed by atoms with van der Waals surface area (Å²) >= 11 is 0. The minimum Gasteiger partial charge on any atom is -0.492 e. The van der Waals surface area contributed by atoms with Crippen LogP contribution in [0.15, 0.2) is 28.8 Å². The van der Waals surface area contributed by atoms with Crippen molar-refractivity contribution in [3.05, 3.63) is 36.0 Å². The van der Waals surface area contributed by atoms with Gasteiger partial charge >= 0.3 is 6.03 Å². The number of aromatic nitrogens is 2. The van der Waals surface area contributed by atoms with Crippen molar-refractivity contribution in [1.29, 1.82) is 0 Å². The standard InChI is InChI=1S/C13H16N4O3/c1-3-19-11-7-5-4-6-10(11)16-13(18)14-8-12-15-9(2)17-20-12/h4-7H,3,8H2,1-2H3,(H2,14,16,18). The molecule has 0 aliphatic rings. The van der Waals surface area contributed by atoms with E-state index in [1.165, 1.54) is 0 Å². The van der Waals surface area contributed by atoms with Gasteiger partial charge in [0.2, 0.25) is 5.89 Å². The van der Waals surface area contributed by atoms with E-state index in [1.807, 2.05) is 19.1 Å². The van der Waals surface area contributed by atoms with Crippen molar-refractivity contribution in [1.82, 2.24) is 15.5 Å². The van der Waals surface area contributed by atoms with Crippen molar-refractivity contribution in [3.8, 4) is 5.75 Å². The molecule has 2 N–H and O–H groups in total. The minimum absolute atomic E-state index is 0.170. The van der Waals surface area contributed by atoms with Crippen LogP contribution >= 0.6 is 0 Å². The van der Waals surface area contributed by atoms with Gasteiger partial charge in [0.05, 0.1) is 18.8 Å². The maximum Gasteiger partial charge on any atom is 0.319 e. The highest BCUT2D eigenvalue weighted by Crippen LogP contribution is 2.23. The molecule has 2 amide bonds. The first-order valence-corrected chi connectivity index (χ1v) is 6.25. The second-order valence-electron chi connectivity index (χ2n) is 3.97. The second kappa shape index (κ2) is 6.55. The van der Waals surface area contributed by atoms with Crippen LogP contribution in [-0.4, -0.2) is 22.8 Å². The number of hydrogen-bond acceptors (Lipinski definition) is 5. The molecule has 0 bridgehead atoms. The predicted molar refractivity (Wildman–Crippen MR) is 72.5 cm³/mol. The lowest BCUT2D eigenvalue weighted by Crippen LogP contribution is -2.28. The van der Waals surface area contributed by atoms with Gasteiger partial charge in [-0.1, -0.05) is 17.3 Å². The molecular weight excluding hydrogens is 260 g/mol. The molecule has 1 aromatic carbocycles. The topological polar surface area (TPSA) is 89.3 Å². The summed E-state index contributed by atoms with van der Waals surface area (Å²) in [7, 11) is 0. The number of carbonyl (C=O) groups is 1. The molecule has 0 spiro atoms. The zero-order valence-corrected chi connectivity index (χ0v) is 11.3. The van der Waals surface area contributed by atoms with Crippen LogP contribution in [0.3, 0.4) is 0 Å². The minimum atomic E-state index is -0.368. The van der Waals surface area contributed by atoms with Crippen LogP contribution in [0.4, 0.5) is 10.5 Å². The number of rotatable bonds is 5. The number of para-hydroxylation sites is 2. The van der Waals surface area contributed by atoms with Gasteiger partial charge in [0.25, 0.3) is 0 Å². The van der Waals surface area contributed by atoms with E-state index in [2.05, 4.69) is 20.8 Å². The Hall–Kier alpha value is -2.57. The highest BCUT2D eigenvalue weighted by molar-refractivity contribution is 5.90. The molecule has 2 rings (SSSR count). The number of benzene rings is 1. The molecule has 0 aliphatic carbocycles. The summed E-state index contributed by atoms with van der Waals surface area (Å²) in [6.45, 7) is 4.30. The first-order valence-electron chi connectivity index (χ1n) is 6.25. The molecule has 0 saturated carbocycles. The third kappa shape index (κ3) is 3.71. The largest absolute Gasteiger partial charge is 0.492 e. The van der Waals surface area contributed by atoms with Gasteiger partial charge in [-0.2, -0.15) is 4.98 Å². The SMILES string of the molecule is CCOc1ccccc1NC(=O)NCc1nc(C)no1. The molecular formula is C13H16N4O3. The molecule has 0 saturated heterocycles. The fourth-order valence-electron chi connectivity index (χ4n) is 1.59. The van der Waals surface area contributed by atoms with Crippen LogP contribution in [-0.2, 0) is 6.54 Å². The Balaban J connectivity index is 1.91. The van der Waals surface area contributed by atoms with Gasteiger partial charge < -0.3 is 19.9 Å². The Labute approximate surface area is 116 Å². The maximum absolute atomic E-state index is 11.8. The third-order valence-corrected chi connectivity index (χ3v) is 2.40. The summed E-state index contributed by atoms with van der Waals surface area (Å²) in [5, 5.41) is 8.97. The Kier molecular flexibility index (Phi) is 4.54. The molecule has 7 nitrogen and oxygen atoms in total. The number of carbonyl (C=O) groups excluding carboxylic acids is 1. The molecule has 1 heterocycles. The average Bonchev–Trinajstić information content (AvgIpc) is 2.85. The van der Waals surface area contributed by atoms with Gasteiger partial charge in [0.15, 0.2) is 5.82 Å². The van der Waals surface area contributed by atoms with E-state index in [4.69, 9.17) is 9.26 Å². The number of amides is 2. The molecule has 0 radical (unpaired) electrons. The van der Waals surface area contributed by atoms with Crippen molar-refractivity contribution in [2.45, 2.75) is 20.4 Å². The monoisotopic (exact) mass is 276 g/mol. The molecule has 7 heteroatoms. The molecule has 0 fully saturated rings. The van der Waals surface area contributed by atoms with E-state index in [0.717, 1.165) is 0 Å². The van der Waals surface area contributed by atoms with Gasteiger partial charge in [-0.05, 0) is 26.0 Å². The third-order valence-electron chi connectivity index (χ3n) is 2.40. The summed E-state index contributed by atoms with van der Waals surface area (Å²) in [6, 6.07) is 6.85. The molecule has 2 aromatic rings. The zero-order valence-electron chi connectivity index (χ0n) is 11.3. The van der Waals surface area contributed by atoms with E-state index in [0.29, 0.717) is 29.8 Å². The van der Waals surface area contributed by atoms with E-state index >= 15 is 0 Å². The highest BCUT2D eigenvalue weighted by Gasteiger charge is 2.08. The van der Waals surface area contributed by atoms with Crippen LogP contribution in [0, 0.1) is 6.92 Å². The number of hydrogen-bond donors (Lipinski definition) is 2. The van der Waals surface area contributed by atoms with Gasteiger partial charge in [-0.3, -0.25) is 0 Å². The molecule has 0 unspecified atom stereocenters. The fourth-order valence-corrected chi connectivity index (χ4v) is 1.59. The summed E-state index contributed by atoms with van der Waals surface area (Å²) in [6.07, 6.45) is 0. The molecule has 1 aromatic heterocycles. The summed E-state index contributed by atoms with van der Waals surface area (Å²) < 4.78 is 10.3. The zero-order chi connectivity index (χ0) is 14.4. The Morgan fingerprint density at radius 2 is 2.20 bits per heavy atom. The fraction of sp³-hybridized carbons (Fsp3) is 0.308. The lowest BCUT2D eigenvalue weighted by molar-refractivity contribution is 0.249. The van der Waals surface area contributed by atoms with Crippen molar-refractivity contribution in [3.63, 3.8) is 0 Å². The summed E-state index contributed by atoms with van der Waals surface area (Å²) in [5.41, 5.74) is 0.605. The quantitative estimate of drug-likeness (QED) is 0.872. The first-order chi connectivity index (χ1) is 9.69. The van der Waals surface area contributed by atoms with E-state index in [9.17, 15) is 4.79 Å². The number of urea groups is 1. The van der Waals surface area contributed by atoms with Crippen LogP contribution in [0.2, 0.25) is 0 Å². The molecule has 0 atom stereocenters. The van der Waals surface area contributed by atoms with Crippen LogP contribution in [0.25, 0.3) is 0 Å². The lowest BCUT2D eigenvalue weighted by Gasteiger charge is -2.11. The van der Waals surface area contributed by atoms with Crippen LogP contribution in [0.5, 0.6) is 5.75 Å². The van der Waals surface area contributed by atoms with Crippen molar-refractivity contribution >= 4 is 11.7 Å². The first kappa shape index (κ1) is 13.9. The Morgan fingerprint density at radius 1 is 1.40 bits per heavy atom. The van der Waals surface area contributed by atoms with E-state index in [1.54, 1.807) is 19.1 Å². The van der Waals surface area contributed by atoms with Crippen molar-refractivity contribution < 1.29 is 14.1 Å². The average molecular weight is 276 g/mol. The number of nitrogens with one attached hydrogen (secondary N) is 2. The van der Waals surface area contributed by atoms with E-state index < -0.39 is 0 Å². The predicted octanol–water partition coefficient (Wildman–Crippen LogP) is 2.10. The van der Waals surface area contributed by atoms with E-state index in [-0.39, 0.29) is 12.6 Å². The van der Waals surface area contributed by atoms with Crippen LogP contribution < -0.4 is 15.4 Å². The smallest absolute Gasteiger partial charge is 0.319 e. The summed E-state index contributed by atoms with van der Waals surface area (Å²) in [4.78, 5) is 15.8. The molecule has 106 valence electrons. The lowest BCUT2D eigenvalue weighted by atomic mass is 10.3. The second-order valence-corrected chi connectivity index (χ2v) is 3.97. The molecule has 0 aliphatic heterocycles. The number of nitrogens with zero attached hydrogens (tertiary/aromatic N) is 2. The number of anilines is 1. The maximum atomic E-state index is 11.8. The molecule has 20 heavy (non-hydrogen) atoms. The highest BCUT2D eigenvalue weighted by atomic mass is 16.5. The van der Waals surface area contributed by atoms with Crippen molar-refractivity contribution in [2.24, 2.45) is 0 Å². The Morgan fingerprint density at radius 3 is 2.90 bits per heavy atom. The normalized spacial score (nSPS) is 10.1. The van der Waals surface area contributed by atoms with Gasteiger partial charge in [0, 0.05) is 0 Å².